The van der Waals surface area contributed by atoms with E-state index in [2.05, 4.69) is 0 Å². The first-order valence-electron chi connectivity index (χ1n) is 6.38. The van der Waals surface area contributed by atoms with Crippen molar-refractivity contribution in [1.82, 2.24) is 0 Å². The third-order valence-electron chi connectivity index (χ3n) is 3.43. The molecule has 18 heavy (non-hydrogen) atoms. The van der Waals surface area contributed by atoms with Gasteiger partial charge in [-0.1, -0.05) is 0 Å². The summed E-state index contributed by atoms with van der Waals surface area (Å²) in [6.45, 7) is 7.34. The van der Waals surface area contributed by atoms with Gasteiger partial charge in [0.25, 0.3) is 0 Å². The normalized spacial score (nSPS) is 46.0. The highest BCUT2D eigenvalue weighted by molar-refractivity contribution is 4.89. The van der Waals surface area contributed by atoms with E-state index in [-0.39, 0.29) is 0 Å². The second-order valence-corrected chi connectivity index (χ2v) is 6.16. The largest absolute Gasteiger partial charge is 0.313 e. The molecule has 2 saturated heterocycles. The van der Waals surface area contributed by atoms with E-state index < -0.39 is 23.1 Å². The molecule has 6 heteroatoms. The van der Waals surface area contributed by atoms with Crippen molar-refractivity contribution in [1.29, 1.82) is 0 Å². The van der Waals surface area contributed by atoms with Crippen LogP contribution in [-0.2, 0) is 29.0 Å². The number of hydrogen-bond acceptors (Lipinski definition) is 6. The van der Waals surface area contributed by atoms with Crippen LogP contribution in [0.25, 0.3) is 0 Å². The molecule has 2 spiro atoms. The summed E-state index contributed by atoms with van der Waals surface area (Å²) >= 11 is 0. The summed E-state index contributed by atoms with van der Waals surface area (Å²) in [6.07, 6.45) is 2.59. The Balaban J connectivity index is 1.66. The standard InChI is InChI=1S/C12H20O6/c1-9(2)13-11(17-15-9)5-7-12(8-6-11)14-10(3,4)16-18-12/h5-8H2,1-4H3. The number of ether oxygens (including phenoxy) is 2. The predicted octanol–water partition coefficient (Wildman–Crippen LogP) is 2.38. The molecule has 0 unspecified atom stereocenters. The quantitative estimate of drug-likeness (QED) is 0.623. The summed E-state index contributed by atoms with van der Waals surface area (Å²) in [4.78, 5) is 21.1. The summed E-state index contributed by atoms with van der Waals surface area (Å²) in [5, 5.41) is 0. The van der Waals surface area contributed by atoms with Gasteiger partial charge in [-0.05, 0) is 27.7 Å². The fourth-order valence-corrected chi connectivity index (χ4v) is 2.70. The molecule has 0 amide bonds. The van der Waals surface area contributed by atoms with Crippen LogP contribution >= 0.6 is 0 Å². The minimum Gasteiger partial charge on any atom is -0.313 e. The average Bonchev–Trinajstić information content (AvgIpc) is 2.72. The summed E-state index contributed by atoms with van der Waals surface area (Å²) in [6, 6.07) is 0. The van der Waals surface area contributed by atoms with Gasteiger partial charge in [-0.25, -0.2) is 0 Å². The SMILES string of the molecule is CC1(C)OOC2(CCC3(CC2)OOC(C)(C)O3)O1. The number of rotatable bonds is 0. The molecule has 3 fully saturated rings. The maximum Gasteiger partial charge on any atom is 0.205 e. The van der Waals surface area contributed by atoms with Gasteiger partial charge in [0.05, 0.1) is 0 Å². The fourth-order valence-electron chi connectivity index (χ4n) is 2.70. The average molecular weight is 260 g/mol. The summed E-state index contributed by atoms with van der Waals surface area (Å²) in [5.74, 6) is -2.74. The fraction of sp³-hybridized carbons (Fsp3) is 1.00. The molecule has 1 aliphatic carbocycles. The van der Waals surface area contributed by atoms with Gasteiger partial charge in [0, 0.05) is 25.7 Å². The smallest absolute Gasteiger partial charge is 0.205 e. The van der Waals surface area contributed by atoms with Crippen molar-refractivity contribution in [2.75, 3.05) is 0 Å². The van der Waals surface area contributed by atoms with E-state index in [0.717, 1.165) is 0 Å². The third-order valence-corrected chi connectivity index (χ3v) is 3.43. The van der Waals surface area contributed by atoms with Crippen LogP contribution in [0.4, 0.5) is 0 Å². The molecule has 0 atom stereocenters. The van der Waals surface area contributed by atoms with E-state index in [1.165, 1.54) is 0 Å². The van der Waals surface area contributed by atoms with Crippen LogP contribution < -0.4 is 0 Å². The maximum atomic E-state index is 5.84. The summed E-state index contributed by atoms with van der Waals surface area (Å²) < 4.78 is 11.7. The first kappa shape index (κ1) is 12.8. The van der Waals surface area contributed by atoms with Crippen LogP contribution in [0.2, 0.25) is 0 Å². The lowest BCUT2D eigenvalue weighted by molar-refractivity contribution is -0.378. The Morgan fingerprint density at radius 2 is 0.889 bits per heavy atom. The van der Waals surface area contributed by atoms with Crippen molar-refractivity contribution in [3.8, 4) is 0 Å². The van der Waals surface area contributed by atoms with Crippen LogP contribution in [0, 0.1) is 0 Å². The van der Waals surface area contributed by atoms with Crippen LogP contribution in [0.5, 0.6) is 0 Å². The van der Waals surface area contributed by atoms with Gasteiger partial charge in [-0.2, -0.15) is 19.6 Å². The zero-order chi connectivity index (χ0) is 13.1. The first-order valence-corrected chi connectivity index (χ1v) is 6.38. The lowest BCUT2D eigenvalue weighted by Gasteiger charge is -2.37. The van der Waals surface area contributed by atoms with Crippen LogP contribution in [0.1, 0.15) is 53.4 Å². The molecular weight excluding hydrogens is 240 g/mol. The molecule has 104 valence electrons. The van der Waals surface area contributed by atoms with Crippen molar-refractivity contribution in [2.45, 2.75) is 76.5 Å². The molecule has 3 rings (SSSR count). The third kappa shape index (κ3) is 2.17. The lowest BCUT2D eigenvalue weighted by atomic mass is 9.88. The molecule has 0 aromatic heterocycles. The second kappa shape index (κ2) is 3.65. The minimum atomic E-state index is -0.697. The van der Waals surface area contributed by atoms with Crippen molar-refractivity contribution in [3.05, 3.63) is 0 Å². The molecule has 0 N–H and O–H groups in total. The van der Waals surface area contributed by atoms with E-state index in [9.17, 15) is 0 Å². The van der Waals surface area contributed by atoms with Gasteiger partial charge < -0.3 is 9.47 Å². The van der Waals surface area contributed by atoms with Crippen molar-refractivity contribution >= 4 is 0 Å². The molecule has 2 heterocycles. The van der Waals surface area contributed by atoms with Gasteiger partial charge in [-0.15, -0.1) is 0 Å². The van der Waals surface area contributed by atoms with Crippen molar-refractivity contribution in [3.63, 3.8) is 0 Å². The molecule has 0 aromatic rings. The Kier molecular flexibility index (Phi) is 2.59. The zero-order valence-electron chi connectivity index (χ0n) is 11.3. The topological polar surface area (TPSA) is 55.4 Å². The highest BCUT2D eigenvalue weighted by atomic mass is 17.3. The molecule has 0 bridgehead atoms. The Morgan fingerprint density at radius 1 is 0.556 bits per heavy atom. The molecule has 0 aromatic carbocycles. The monoisotopic (exact) mass is 260 g/mol. The van der Waals surface area contributed by atoms with E-state index >= 15 is 0 Å². The predicted molar refractivity (Wildman–Crippen MR) is 58.6 cm³/mol. The van der Waals surface area contributed by atoms with Gasteiger partial charge in [0.15, 0.2) is 11.6 Å². The van der Waals surface area contributed by atoms with E-state index in [4.69, 9.17) is 29.0 Å². The minimum absolute atomic E-state index is 0.649. The highest BCUT2D eigenvalue weighted by Crippen LogP contribution is 2.49. The molecule has 2 aliphatic heterocycles. The Hall–Kier alpha value is -0.240. The maximum absolute atomic E-state index is 5.84. The van der Waals surface area contributed by atoms with Crippen LogP contribution in [0.3, 0.4) is 0 Å². The van der Waals surface area contributed by atoms with E-state index in [1.807, 2.05) is 27.7 Å². The molecule has 0 radical (unpaired) electrons. The molecule has 1 saturated carbocycles. The summed E-state index contributed by atoms with van der Waals surface area (Å²) in [7, 11) is 0. The lowest BCUT2D eigenvalue weighted by Crippen LogP contribution is -2.46. The Bertz CT molecular complexity index is 308. The summed E-state index contributed by atoms with van der Waals surface area (Å²) in [5.41, 5.74) is 0. The second-order valence-electron chi connectivity index (χ2n) is 6.16. The zero-order valence-corrected chi connectivity index (χ0v) is 11.3. The van der Waals surface area contributed by atoms with Gasteiger partial charge in [0.2, 0.25) is 11.6 Å². The molecular formula is C12H20O6. The first-order chi connectivity index (χ1) is 8.24. The van der Waals surface area contributed by atoms with Gasteiger partial charge >= 0.3 is 0 Å². The van der Waals surface area contributed by atoms with Crippen molar-refractivity contribution < 1.29 is 29.0 Å². The van der Waals surface area contributed by atoms with Crippen LogP contribution in [0.15, 0.2) is 0 Å². The molecule has 3 aliphatic rings. The highest BCUT2D eigenvalue weighted by Gasteiger charge is 2.57. The van der Waals surface area contributed by atoms with Crippen LogP contribution in [-0.4, -0.2) is 23.1 Å². The number of hydrogen-bond donors (Lipinski definition) is 0. The van der Waals surface area contributed by atoms with Gasteiger partial charge in [0.1, 0.15) is 0 Å². The Morgan fingerprint density at radius 3 is 1.11 bits per heavy atom. The molecule has 6 nitrogen and oxygen atoms in total. The van der Waals surface area contributed by atoms with E-state index in [0.29, 0.717) is 25.7 Å². The van der Waals surface area contributed by atoms with Crippen molar-refractivity contribution in [2.24, 2.45) is 0 Å². The van der Waals surface area contributed by atoms with Gasteiger partial charge in [-0.3, -0.25) is 0 Å². The Labute approximate surface area is 106 Å². The van der Waals surface area contributed by atoms with E-state index in [1.54, 1.807) is 0 Å².